The molecule has 8 heteroatoms. The number of ketones is 1. The van der Waals surface area contributed by atoms with Crippen molar-refractivity contribution in [2.24, 2.45) is 0 Å². The van der Waals surface area contributed by atoms with E-state index in [1.807, 2.05) is 20.8 Å². The number of hydrogen-bond donors (Lipinski definition) is 0. The molecule has 32 heavy (non-hydrogen) atoms. The summed E-state index contributed by atoms with van der Waals surface area (Å²) in [5, 5.41) is 10.1. The summed E-state index contributed by atoms with van der Waals surface area (Å²) in [5.74, 6) is -2.45. The molecule has 1 aromatic carbocycles. The molecular weight excluding hydrogens is 423 g/mol. The van der Waals surface area contributed by atoms with E-state index in [-0.39, 0.29) is 37.0 Å². The van der Waals surface area contributed by atoms with Crippen LogP contribution in [-0.4, -0.2) is 38.3 Å². The minimum atomic E-state index is -4.81. The second kappa shape index (κ2) is 9.70. The first kappa shape index (κ1) is 25.3. The molecular formula is C24H26F3NO4. The molecule has 2 rings (SSSR count). The second-order valence-electron chi connectivity index (χ2n) is 8.48. The standard InChI is InChI=1S/C24H26F3NO4/c1-22(2,3)16-9-11-17(12-10-16)23(15-28,21(30)32-14-13-31-4)20(29)18-7-5-6-8-19(18)24(25,26)27/h6,8-12H,5,7,13-14H2,1-4H3. The van der Waals surface area contributed by atoms with Crippen LogP contribution >= 0.6 is 0 Å². The van der Waals surface area contributed by atoms with Crippen LogP contribution in [0.4, 0.5) is 13.2 Å². The first-order valence-electron chi connectivity index (χ1n) is 10.1. The van der Waals surface area contributed by atoms with E-state index in [0.717, 1.165) is 11.6 Å². The fourth-order valence-corrected chi connectivity index (χ4v) is 3.44. The van der Waals surface area contributed by atoms with Crippen LogP contribution in [0.3, 0.4) is 0 Å². The Morgan fingerprint density at radius 3 is 2.16 bits per heavy atom. The molecule has 0 saturated carbocycles. The van der Waals surface area contributed by atoms with Gasteiger partial charge < -0.3 is 9.47 Å². The lowest BCUT2D eigenvalue weighted by Gasteiger charge is -2.28. The number of esters is 1. The number of nitriles is 1. The third-order valence-electron chi connectivity index (χ3n) is 5.27. The smallest absolute Gasteiger partial charge is 0.416 e. The lowest BCUT2D eigenvalue weighted by Crippen LogP contribution is -2.46. The maximum absolute atomic E-state index is 13.6. The molecule has 0 saturated heterocycles. The van der Waals surface area contributed by atoms with Crippen LogP contribution in [-0.2, 0) is 29.9 Å². The number of rotatable bonds is 7. The quantitative estimate of drug-likeness (QED) is 0.342. The zero-order valence-corrected chi connectivity index (χ0v) is 18.5. The Hall–Kier alpha value is -2.92. The molecule has 0 bridgehead atoms. The Labute approximate surface area is 185 Å². The number of carbonyl (C=O) groups excluding carboxylic acids is 2. The zero-order chi connectivity index (χ0) is 24.2. The summed E-state index contributed by atoms with van der Waals surface area (Å²) in [6.07, 6.45) is -2.73. The first-order chi connectivity index (χ1) is 14.9. The molecule has 1 atom stereocenters. The van der Waals surface area contributed by atoms with Gasteiger partial charge in [0.2, 0.25) is 5.41 Å². The van der Waals surface area contributed by atoms with Gasteiger partial charge in [0.05, 0.1) is 18.2 Å². The first-order valence-corrected chi connectivity index (χ1v) is 10.1. The van der Waals surface area contributed by atoms with Crippen molar-refractivity contribution >= 4 is 11.8 Å². The summed E-state index contributed by atoms with van der Waals surface area (Å²) in [6, 6.07) is 7.84. The number of allylic oxidation sites excluding steroid dienone is 4. The third-order valence-corrected chi connectivity index (χ3v) is 5.27. The third kappa shape index (κ3) is 5.10. The van der Waals surface area contributed by atoms with Gasteiger partial charge in [0.15, 0.2) is 5.78 Å². The number of alkyl halides is 3. The second-order valence-corrected chi connectivity index (χ2v) is 8.48. The van der Waals surface area contributed by atoms with E-state index in [1.165, 1.54) is 25.3 Å². The minimum Gasteiger partial charge on any atom is -0.461 e. The van der Waals surface area contributed by atoms with Crippen molar-refractivity contribution in [3.8, 4) is 6.07 Å². The summed E-state index contributed by atoms with van der Waals surface area (Å²) >= 11 is 0. The van der Waals surface area contributed by atoms with Gasteiger partial charge in [-0.2, -0.15) is 18.4 Å². The predicted octanol–water partition coefficient (Wildman–Crippen LogP) is 4.71. The molecule has 0 radical (unpaired) electrons. The molecule has 0 N–H and O–H groups in total. The molecule has 0 amide bonds. The monoisotopic (exact) mass is 449 g/mol. The topological polar surface area (TPSA) is 76.4 Å². The normalized spacial score (nSPS) is 16.3. The molecule has 1 aliphatic carbocycles. The van der Waals surface area contributed by atoms with Crippen LogP contribution < -0.4 is 0 Å². The van der Waals surface area contributed by atoms with Crippen molar-refractivity contribution in [3.63, 3.8) is 0 Å². The Bertz CT molecular complexity index is 963. The van der Waals surface area contributed by atoms with E-state index < -0.39 is 34.5 Å². The predicted molar refractivity (Wildman–Crippen MR) is 112 cm³/mol. The Kier molecular flexibility index (Phi) is 7.68. The van der Waals surface area contributed by atoms with Crippen LogP contribution in [0.25, 0.3) is 0 Å². The minimum absolute atomic E-state index is 0.00361. The van der Waals surface area contributed by atoms with Gasteiger partial charge in [0.25, 0.3) is 0 Å². The highest BCUT2D eigenvalue weighted by Crippen LogP contribution is 2.39. The fourth-order valence-electron chi connectivity index (χ4n) is 3.44. The average molecular weight is 449 g/mol. The van der Waals surface area contributed by atoms with Gasteiger partial charge in [-0.3, -0.25) is 4.79 Å². The largest absolute Gasteiger partial charge is 0.461 e. The van der Waals surface area contributed by atoms with Crippen molar-refractivity contribution in [2.75, 3.05) is 20.3 Å². The Balaban J connectivity index is 2.69. The van der Waals surface area contributed by atoms with Gasteiger partial charge in [-0.1, -0.05) is 57.2 Å². The molecule has 0 spiro atoms. The number of Topliss-reactive ketones (excluding diaryl/α,β-unsaturated/α-hetero) is 1. The SMILES string of the molecule is COCCOC(=O)C(C#N)(C(=O)C1=C(C(F)(F)F)C=CCC1)c1ccc(C(C)(C)C)cc1. The highest BCUT2D eigenvalue weighted by atomic mass is 19.4. The average Bonchev–Trinajstić information content (AvgIpc) is 2.74. The van der Waals surface area contributed by atoms with E-state index in [0.29, 0.717) is 0 Å². The lowest BCUT2D eigenvalue weighted by molar-refractivity contribution is -0.152. The number of hydrogen-bond acceptors (Lipinski definition) is 5. The lowest BCUT2D eigenvalue weighted by atomic mass is 9.72. The van der Waals surface area contributed by atoms with Crippen molar-refractivity contribution in [1.29, 1.82) is 5.26 Å². The van der Waals surface area contributed by atoms with Crippen molar-refractivity contribution < 1.29 is 32.2 Å². The summed E-state index contributed by atoms with van der Waals surface area (Å²) < 4.78 is 50.7. The van der Waals surface area contributed by atoms with Crippen LogP contribution in [0.2, 0.25) is 0 Å². The molecule has 0 aromatic heterocycles. The van der Waals surface area contributed by atoms with E-state index in [4.69, 9.17) is 9.47 Å². The van der Waals surface area contributed by atoms with E-state index in [9.17, 15) is 28.0 Å². The maximum Gasteiger partial charge on any atom is 0.416 e. The molecule has 172 valence electrons. The molecule has 0 aliphatic heterocycles. The van der Waals surface area contributed by atoms with Gasteiger partial charge in [0, 0.05) is 12.7 Å². The van der Waals surface area contributed by atoms with Crippen molar-refractivity contribution in [1.82, 2.24) is 0 Å². The van der Waals surface area contributed by atoms with Gasteiger partial charge in [-0.15, -0.1) is 0 Å². The maximum atomic E-state index is 13.6. The van der Waals surface area contributed by atoms with Crippen LogP contribution in [0.1, 0.15) is 44.7 Å². The van der Waals surface area contributed by atoms with Crippen LogP contribution in [0.15, 0.2) is 47.6 Å². The molecule has 1 aromatic rings. The van der Waals surface area contributed by atoms with Gasteiger partial charge in [-0.05, 0) is 29.4 Å². The molecule has 1 aliphatic rings. The van der Waals surface area contributed by atoms with Crippen molar-refractivity contribution in [2.45, 2.75) is 50.6 Å². The highest BCUT2D eigenvalue weighted by molar-refractivity contribution is 6.20. The number of halogens is 3. The number of benzene rings is 1. The van der Waals surface area contributed by atoms with Crippen molar-refractivity contribution in [3.05, 3.63) is 58.7 Å². The van der Waals surface area contributed by atoms with E-state index >= 15 is 0 Å². The summed E-state index contributed by atoms with van der Waals surface area (Å²) in [5.41, 5.74) is -3.75. The molecule has 5 nitrogen and oxygen atoms in total. The number of ether oxygens (including phenoxy) is 2. The van der Waals surface area contributed by atoms with Gasteiger partial charge in [-0.25, -0.2) is 4.79 Å². The Morgan fingerprint density at radius 2 is 1.66 bits per heavy atom. The molecule has 1 unspecified atom stereocenters. The highest BCUT2D eigenvalue weighted by Gasteiger charge is 2.53. The Morgan fingerprint density at radius 1 is 1.06 bits per heavy atom. The van der Waals surface area contributed by atoms with E-state index in [1.54, 1.807) is 18.2 Å². The van der Waals surface area contributed by atoms with Gasteiger partial charge >= 0.3 is 12.1 Å². The zero-order valence-electron chi connectivity index (χ0n) is 18.5. The fraction of sp³-hybridized carbons (Fsp3) is 0.458. The molecule has 0 fully saturated rings. The van der Waals surface area contributed by atoms with Crippen LogP contribution in [0.5, 0.6) is 0 Å². The van der Waals surface area contributed by atoms with Crippen LogP contribution in [0, 0.1) is 11.3 Å². The number of nitrogens with zero attached hydrogens (tertiary/aromatic N) is 1. The van der Waals surface area contributed by atoms with Gasteiger partial charge in [0.1, 0.15) is 6.61 Å². The summed E-state index contributed by atoms with van der Waals surface area (Å²) in [4.78, 5) is 26.6. The summed E-state index contributed by atoms with van der Waals surface area (Å²) in [7, 11) is 1.37. The van der Waals surface area contributed by atoms with E-state index in [2.05, 4.69) is 0 Å². The number of methoxy groups -OCH3 is 1. The summed E-state index contributed by atoms with van der Waals surface area (Å²) in [6.45, 7) is 5.62. The molecule has 0 heterocycles. The number of carbonyl (C=O) groups is 2.